The summed E-state index contributed by atoms with van der Waals surface area (Å²) in [6.45, 7) is 7.75. The van der Waals surface area contributed by atoms with Gasteiger partial charge in [-0.05, 0) is 80.1 Å². The predicted octanol–water partition coefficient (Wildman–Crippen LogP) is 3.69. The van der Waals surface area contributed by atoms with Crippen LogP contribution in [0.3, 0.4) is 0 Å². The number of alkyl halides is 3. The van der Waals surface area contributed by atoms with Gasteiger partial charge in [-0.1, -0.05) is 26.5 Å². The number of hydrogen-bond acceptors (Lipinski definition) is 9. The summed E-state index contributed by atoms with van der Waals surface area (Å²) < 4.78 is 80.0. The van der Waals surface area contributed by atoms with Crippen molar-refractivity contribution in [3.8, 4) is 0 Å². The molecule has 7 aliphatic rings. The van der Waals surface area contributed by atoms with Crippen LogP contribution in [0.25, 0.3) is 0 Å². The third-order valence-electron chi connectivity index (χ3n) is 12.7. The minimum Gasteiger partial charge on any atom is -0.460 e. The van der Waals surface area contributed by atoms with Crippen LogP contribution in [0.15, 0.2) is 41.3 Å². The maximum absolute atomic E-state index is 14.3. The fourth-order valence-corrected chi connectivity index (χ4v) is 11.9. The van der Waals surface area contributed by atoms with E-state index in [4.69, 9.17) is 9.47 Å². The number of hydrogen-bond donors (Lipinski definition) is 3. The molecule has 0 aromatic heterocycles. The zero-order valence-corrected chi connectivity index (χ0v) is 27.5. The number of fused-ring (bicyclic) bond motifs is 2. The van der Waals surface area contributed by atoms with Crippen molar-refractivity contribution in [3.05, 3.63) is 42.0 Å². The highest BCUT2D eigenvalue weighted by atomic mass is 32.2. The van der Waals surface area contributed by atoms with Crippen molar-refractivity contribution < 1.29 is 55.7 Å². The Morgan fingerprint density at radius 1 is 1.10 bits per heavy atom. The SMILES string of the molecule is C=C1C(=O)[C@]23[C@H](OC(=O)C4CCC(NS(=O)(=O)c5cccc(C(F)(F)F)c5)CC4)[C@H]1CC[C@H]2[C@@]12CO[C@]3(O)[C@@H](O)[C@@H]1C(C)(C)CCC2=O. The number of benzene rings is 1. The number of esters is 1. The molecule has 2 heterocycles. The second-order valence-electron chi connectivity index (χ2n) is 15.4. The largest absolute Gasteiger partial charge is 0.460 e. The van der Waals surface area contributed by atoms with E-state index in [-0.39, 0.29) is 50.1 Å². The van der Waals surface area contributed by atoms with E-state index >= 15 is 0 Å². The van der Waals surface area contributed by atoms with Gasteiger partial charge in [0.05, 0.1) is 28.4 Å². The Kier molecular flexibility index (Phi) is 7.52. The van der Waals surface area contributed by atoms with Crippen LogP contribution in [-0.4, -0.2) is 66.8 Å². The summed E-state index contributed by atoms with van der Waals surface area (Å²) in [7, 11) is -4.28. The van der Waals surface area contributed by atoms with E-state index in [9.17, 15) is 46.2 Å². The third kappa shape index (κ3) is 4.37. The van der Waals surface area contributed by atoms with Crippen LogP contribution in [0.1, 0.15) is 70.8 Å². The van der Waals surface area contributed by atoms with Crippen LogP contribution in [0.2, 0.25) is 0 Å². The lowest BCUT2D eigenvalue weighted by Crippen LogP contribution is -2.85. The van der Waals surface area contributed by atoms with E-state index in [1.807, 2.05) is 13.8 Å². The molecule has 10 nitrogen and oxygen atoms in total. The molecule has 0 amide bonds. The molecule has 0 unspecified atom stereocenters. The van der Waals surface area contributed by atoms with Crippen molar-refractivity contribution in [3.63, 3.8) is 0 Å². The van der Waals surface area contributed by atoms with Gasteiger partial charge in [-0.2, -0.15) is 13.2 Å². The maximum atomic E-state index is 14.3. The van der Waals surface area contributed by atoms with Gasteiger partial charge in [0.2, 0.25) is 15.8 Å². The normalized spacial score (nSPS) is 41.9. The molecule has 8 rings (SSSR count). The molecule has 2 aliphatic heterocycles. The molecule has 1 aromatic carbocycles. The summed E-state index contributed by atoms with van der Waals surface area (Å²) in [6.07, 6.45) is -5.23. The first-order chi connectivity index (χ1) is 22.3. The number of carbonyl (C=O) groups is 3. The smallest absolute Gasteiger partial charge is 0.416 e. The van der Waals surface area contributed by atoms with Crippen LogP contribution in [0.4, 0.5) is 13.2 Å². The molecule has 2 spiro atoms. The van der Waals surface area contributed by atoms with Crippen LogP contribution in [0.5, 0.6) is 0 Å². The van der Waals surface area contributed by atoms with E-state index < -0.39 is 102 Å². The summed E-state index contributed by atoms with van der Waals surface area (Å²) in [5.41, 5.74) is -4.64. The quantitative estimate of drug-likeness (QED) is 0.309. The summed E-state index contributed by atoms with van der Waals surface area (Å²) in [5, 5.41) is 24.2. The fourth-order valence-electron chi connectivity index (χ4n) is 10.6. The minimum absolute atomic E-state index is 0.128. The molecule has 1 aromatic rings. The van der Waals surface area contributed by atoms with Gasteiger partial charge in [0.15, 0.2) is 5.78 Å². The van der Waals surface area contributed by atoms with Gasteiger partial charge in [-0.3, -0.25) is 14.4 Å². The first kappa shape index (κ1) is 33.8. The Morgan fingerprint density at radius 2 is 1.79 bits per heavy atom. The molecule has 262 valence electrons. The van der Waals surface area contributed by atoms with Crippen LogP contribution < -0.4 is 4.72 Å². The number of carbonyl (C=O) groups excluding carboxylic acids is 3. The predicted molar refractivity (Wildman–Crippen MR) is 161 cm³/mol. The Balaban J connectivity index is 1.11. The van der Waals surface area contributed by atoms with Gasteiger partial charge in [-0.25, -0.2) is 13.1 Å². The molecule has 7 fully saturated rings. The molecule has 48 heavy (non-hydrogen) atoms. The lowest BCUT2D eigenvalue weighted by atomic mass is 9.36. The third-order valence-corrected chi connectivity index (χ3v) is 14.2. The Labute approximate surface area is 276 Å². The summed E-state index contributed by atoms with van der Waals surface area (Å²) in [5.74, 6) is -6.52. The number of ketones is 2. The summed E-state index contributed by atoms with van der Waals surface area (Å²) in [4.78, 5) is 41.5. The molecular formula is C34H40F3NO9S. The average Bonchev–Trinajstić information content (AvgIpc) is 3.13. The molecule has 3 N–H and O–H groups in total. The first-order valence-corrected chi connectivity index (χ1v) is 18.0. The van der Waals surface area contributed by atoms with Crippen molar-refractivity contribution in [1.82, 2.24) is 4.72 Å². The van der Waals surface area contributed by atoms with Crippen molar-refractivity contribution in [2.75, 3.05) is 6.61 Å². The number of sulfonamides is 1. The molecule has 8 atom stereocenters. The van der Waals surface area contributed by atoms with Gasteiger partial charge in [0.25, 0.3) is 0 Å². The zero-order chi connectivity index (χ0) is 34.8. The van der Waals surface area contributed by atoms with E-state index in [1.165, 1.54) is 0 Å². The highest BCUT2D eigenvalue weighted by Gasteiger charge is 2.88. The number of ether oxygens (including phenoxy) is 2. The lowest BCUT2D eigenvalue weighted by molar-refractivity contribution is -0.437. The molecule has 14 heteroatoms. The van der Waals surface area contributed by atoms with E-state index in [2.05, 4.69) is 11.3 Å². The molecule has 0 radical (unpaired) electrons. The minimum atomic E-state index is -4.71. The fraction of sp³-hybridized carbons (Fsp3) is 0.676. The Bertz CT molecular complexity index is 1700. The van der Waals surface area contributed by atoms with Gasteiger partial charge in [-0.15, -0.1) is 0 Å². The number of Topliss-reactive ketones (excluding diaryl/α,β-unsaturated/α-hetero) is 2. The first-order valence-electron chi connectivity index (χ1n) is 16.5. The van der Waals surface area contributed by atoms with Crippen LogP contribution >= 0.6 is 0 Å². The Hall–Kier alpha value is -2.65. The standard InChI is InChI=1S/C34H40F3NO9S/c1-17-22-11-12-23-31-16-46-33(43,27(41)25(31)30(2,3)14-13-24(31)39)32(23,26(17)40)28(22)47-29(42)18-7-9-20(10-8-18)38-48(44,45)21-6-4-5-19(15-21)34(35,36)37/h4-6,15,18,20,22-23,25,27-28,38,41,43H,1,7-14,16H2,2-3H3/t18?,20?,22-,23-,25+,27-,28+,31+,32-,33+/m0/s1. The van der Waals surface area contributed by atoms with Crippen molar-refractivity contribution >= 4 is 27.6 Å². The van der Waals surface area contributed by atoms with Gasteiger partial charge in [0.1, 0.15) is 23.4 Å². The van der Waals surface area contributed by atoms with Crippen LogP contribution in [0, 0.1) is 39.9 Å². The molecule has 2 saturated heterocycles. The van der Waals surface area contributed by atoms with E-state index in [1.54, 1.807) is 0 Å². The highest BCUT2D eigenvalue weighted by molar-refractivity contribution is 7.89. The maximum Gasteiger partial charge on any atom is 0.416 e. The van der Waals surface area contributed by atoms with Gasteiger partial charge < -0.3 is 19.7 Å². The van der Waals surface area contributed by atoms with Crippen molar-refractivity contribution in [2.45, 2.75) is 100 Å². The van der Waals surface area contributed by atoms with E-state index in [0.29, 0.717) is 25.3 Å². The average molecular weight is 696 g/mol. The second kappa shape index (κ2) is 10.7. The molecule has 5 saturated carbocycles. The van der Waals surface area contributed by atoms with Gasteiger partial charge in [0, 0.05) is 24.3 Å². The zero-order valence-electron chi connectivity index (χ0n) is 26.7. The number of rotatable bonds is 5. The summed E-state index contributed by atoms with van der Waals surface area (Å²) >= 11 is 0. The van der Waals surface area contributed by atoms with Crippen LogP contribution in [-0.2, 0) is 40.1 Å². The molecule has 5 aliphatic carbocycles. The number of aliphatic hydroxyl groups excluding tert-OH is 1. The number of aliphatic hydroxyl groups is 2. The topological polar surface area (TPSA) is 156 Å². The molecule has 4 bridgehead atoms. The monoisotopic (exact) mass is 695 g/mol. The number of nitrogens with one attached hydrogen (secondary N) is 1. The van der Waals surface area contributed by atoms with E-state index in [0.717, 1.165) is 18.2 Å². The van der Waals surface area contributed by atoms with Crippen molar-refractivity contribution in [1.29, 1.82) is 0 Å². The number of halogens is 3. The lowest BCUT2D eigenvalue weighted by Gasteiger charge is -2.73. The summed E-state index contributed by atoms with van der Waals surface area (Å²) in [6, 6.07) is 2.82. The second-order valence-corrected chi connectivity index (χ2v) is 17.1. The Morgan fingerprint density at radius 3 is 2.46 bits per heavy atom. The highest BCUT2D eigenvalue weighted by Crippen LogP contribution is 2.76. The van der Waals surface area contributed by atoms with Gasteiger partial charge >= 0.3 is 12.1 Å². The molecular weight excluding hydrogens is 655 g/mol. The van der Waals surface area contributed by atoms with Crippen molar-refractivity contribution in [2.24, 2.45) is 39.9 Å².